The maximum absolute atomic E-state index is 10.8. The van der Waals surface area contributed by atoms with E-state index >= 15 is 0 Å². The molecule has 0 aliphatic rings. The van der Waals surface area contributed by atoms with E-state index in [2.05, 4.69) is 13.2 Å². The Hall–Kier alpha value is -0.700. The molecule has 0 unspecified atom stereocenters. The van der Waals surface area contributed by atoms with E-state index in [1.165, 1.54) is 0 Å². The van der Waals surface area contributed by atoms with Crippen molar-refractivity contribution in [3.05, 3.63) is 25.3 Å². The molecule has 0 aliphatic heterocycles. The number of hydrogen-bond acceptors (Lipinski definition) is 4. The number of rotatable bonds is 10. The molecule has 6 nitrogen and oxygen atoms in total. The van der Waals surface area contributed by atoms with Crippen molar-refractivity contribution in [3.63, 3.8) is 0 Å². The van der Waals surface area contributed by atoms with Gasteiger partial charge in [0.1, 0.15) is 0 Å². The zero-order chi connectivity index (χ0) is 17.8. The molecule has 0 spiro atoms. The molecular weight excluding hydrogens is 324 g/mol. The number of allylic oxidation sites excluding steroid dienone is 2. The van der Waals surface area contributed by atoms with Crippen LogP contribution in [0.3, 0.4) is 0 Å². The van der Waals surface area contributed by atoms with E-state index in [-0.39, 0.29) is 0 Å². The smallest absolute Gasteiger partial charge is 0.211 e. The molecule has 0 bridgehead atoms. The molecule has 0 radical (unpaired) electrons. The fraction of sp³-hybridized carbons (Fsp3) is 0.714. The van der Waals surface area contributed by atoms with E-state index in [4.69, 9.17) is 10.3 Å². The molecule has 0 amide bonds. The predicted octanol–water partition coefficient (Wildman–Crippen LogP) is 2.04. The van der Waals surface area contributed by atoms with Gasteiger partial charge < -0.3 is 0 Å². The standard InChI is InChI=1S/2C7H15NO2S/c2*1-3-5-6-7(4-2)11(8,9)10/h2*3,7H,1,4-6H2,2H3,(H2,8,9,10)/t2*7-/m10/s1. The monoisotopic (exact) mass is 354 g/mol. The van der Waals surface area contributed by atoms with Crippen molar-refractivity contribution in [2.75, 3.05) is 0 Å². The fourth-order valence-electron chi connectivity index (χ4n) is 1.81. The van der Waals surface area contributed by atoms with Crippen molar-refractivity contribution in [3.8, 4) is 0 Å². The molecule has 0 saturated carbocycles. The highest BCUT2D eigenvalue weighted by Gasteiger charge is 2.18. The summed E-state index contributed by atoms with van der Waals surface area (Å²) in [6, 6.07) is 0. The van der Waals surface area contributed by atoms with Crippen molar-refractivity contribution in [1.29, 1.82) is 0 Å². The number of hydrogen-bond donors (Lipinski definition) is 2. The third-order valence-corrected chi connectivity index (χ3v) is 6.22. The first kappa shape index (κ1) is 23.6. The summed E-state index contributed by atoms with van der Waals surface area (Å²) in [6.07, 6.45) is 7.13. The molecule has 2 atom stereocenters. The molecular formula is C14H30N2O4S2. The highest BCUT2D eigenvalue weighted by molar-refractivity contribution is 7.90. The summed E-state index contributed by atoms with van der Waals surface area (Å²) in [5.41, 5.74) is 0. The number of sulfonamides is 2. The third kappa shape index (κ3) is 11.9. The van der Waals surface area contributed by atoms with Gasteiger partial charge in [-0.05, 0) is 38.5 Å². The maximum atomic E-state index is 10.8. The van der Waals surface area contributed by atoms with Gasteiger partial charge in [0, 0.05) is 0 Å². The highest BCUT2D eigenvalue weighted by atomic mass is 32.2. The van der Waals surface area contributed by atoms with Gasteiger partial charge in [-0.25, -0.2) is 27.1 Å². The molecule has 0 fully saturated rings. The topological polar surface area (TPSA) is 120 Å². The first-order chi connectivity index (χ1) is 10.0. The van der Waals surface area contributed by atoms with Gasteiger partial charge in [-0.2, -0.15) is 0 Å². The van der Waals surface area contributed by atoms with Crippen LogP contribution in [0.2, 0.25) is 0 Å². The van der Waals surface area contributed by atoms with Crippen molar-refractivity contribution < 1.29 is 16.8 Å². The summed E-state index contributed by atoms with van der Waals surface area (Å²) in [6.45, 7) is 10.7. The van der Waals surface area contributed by atoms with Crippen molar-refractivity contribution in [1.82, 2.24) is 0 Å². The molecule has 0 heterocycles. The zero-order valence-electron chi connectivity index (χ0n) is 13.6. The Labute approximate surface area is 135 Å². The van der Waals surface area contributed by atoms with Crippen LogP contribution >= 0.6 is 0 Å². The first-order valence-corrected chi connectivity index (χ1v) is 10.5. The van der Waals surface area contributed by atoms with Gasteiger partial charge in [0.15, 0.2) is 0 Å². The lowest BCUT2D eigenvalue weighted by Gasteiger charge is -2.09. The minimum Gasteiger partial charge on any atom is -0.228 e. The average molecular weight is 355 g/mol. The van der Waals surface area contributed by atoms with Crippen LogP contribution in [0.1, 0.15) is 52.4 Å². The van der Waals surface area contributed by atoms with E-state index in [0.717, 1.165) is 0 Å². The SMILES string of the molecule is C=CCC[C@@H](CC)S(N)(=O)=O.C=CCC[C@H](CC)S(N)(=O)=O. The highest BCUT2D eigenvalue weighted by Crippen LogP contribution is 2.09. The second-order valence-corrected chi connectivity index (χ2v) is 8.66. The summed E-state index contributed by atoms with van der Waals surface area (Å²) in [5, 5.41) is 9.13. The molecule has 0 aromatic carbocycles. The molecule has 0 rings (SSSR count). The molecule has 0 aliphatic carbocycles. The van der Waals surface area contributed by atoms with Crippen LogP contribution in [0, 0.1) is 0 Å². The van der Waals surface area contributed by atoms with Crippen LogP contribution in [0.25, 0.3) is 0 Å². The van der Waals surface area contributed by atoms with Gasteiger partial charge in [-0.1, -0.05) is 26.0 Å². The molecule has 4 N–H and O–H groups in total. The summed E-state index contributed by atoms with van der Waals surface area (Å²) >= 11 is 0. The molecule has 0 aromatic rings. The van der Waals surface area contributed by atoms with Crippen LogP contribution in [0.5, 0.6) is 0 Å². The minimum atomic E-state index is -3.33. The van der Waals surface area contributed by atoms with E-state index in [0.29, 0.717) is 38.5 Å². The molecule has 8 heteroatoms. The fourth-order valence-corrected chi connectivity index (χ4v) is 3.67. The lowest BCUT2D eigenvalue weighted by atomic mass is 10.2. The largest absolute Gasteiger partial charge is 0.228 e. The van der Waals surface area contributed by atoms with Gasteiger partial charge in [-0.3, -0.25) is 0 Å². The maximum Gasteiger partial charge on any atom is 0.211 e. The Balaban J connectivity index is 0. The zero-order valence-corrected chi connectivity index (χ0v) is 15.2. The van der Waals surface area contributed by atoms with E-state index in [9.17, 15) is 16.8 Å². The Morgan fingerprint density at radius 1 is 0.818 bits per heavy atom. The Morgan fingerprint density at radius 2 is 1.09 bits per heavy atom. The minimum absolute atomic E-state index is 0.402. The predicted molar refractivity (Wildman–Crippen MR) is 93.2 cm³/mol. The quantitative estimate of drug-likeness (QED) is 0.583. The summed E-state index contributed by atoms with van der Waals surface area (Å²) in [4.78, 5) is 0. The molecule has 22 heavy (non-hydrogen) atoms. The Bertz CT molecular complexity index is 465. The molecule has 132 valence electrons. The second-order valence-electron chi connectivity index (χ2n) is 4.97. The van der Waals surface area contributed by atoms with Crippen LogP contribution in [0.15, 0.2) is 25.3 Å². The Kier molecular flexibility index (Phi) is 12.7. The van der Waals surface area contributed by atoms with Gasteiger partial charge >= 0.3 is 0 Å². The van der Waals surface area contributed by atoms with Crippen molar-refractivity contribution in [2.45, 2.75) is 62.9 Å². The third-order valence-electron chi connectivity index (χ3n) is 3.23. The van der Waals surface area contributed by atoms with Crippen LogP contribution in [-0.4, -0.2) is 27.3 Å². The lowest BCUT2D eigenvalue weighted by Crippen LogP contribution is -2.27. The normalized spacial score (nSPS) is 14.4. The van der Waals surface area contributed by atoms with E-state index in [1.54, 1.807) is 12.2 Å². The second kappa shape index (κ2) is 11.8. The Morgan fingerprint density at radius 3 is 1.23 bits per heavy atom. The summed E-state index contributed by atoms with van der Waals surface area (Å²) < 4.78 is 43.2. The first-order valence-electron chi connectivity index (χ1n) is 7.29. The van der Waals surface area contributed by atoms with Gasteiger partial charge in [0.25, 0.3) is 0 Å². The van der Waals surface area contributed by atoms with Gasteiger partial charge in [0.05, 0.1) is 10.5 Å². The van der Waals surface area contributed by atoms with Crippen LogP contribution < -0.4 is 10.3 Å². The average Bonchev–Trinajstić information content (AvgIpc) is 2.38. The van der Waals surface area contributed by atoms with Gasteiger partial charge in [-0.15, -0.1) is 13.2 Å². The van der Waals surface area contributed by atoms with Gasteiger partial charge in [0.2, 0.25) is 20.0 Å². The molecule has 0 aromatic heterocycles. The van der Waals surface area contributed by atoms with Crippen molar-refractivity contribution in [2.24, 2.45) is 10.3 Å². The lowest BCUT2D eigenvalue weighted by molar-refractivity contribution is 0.567. The van der Waals surface area contributed by atoms with E-state index < -0.39 is 30.5 Å². The number of nitrogens with two attached hydrogens (primary N) is 2. The summed E-state index contributed by atoms with van der Waals surface area (Å²) in [5.74, 6) is 0. The summed E-state index contributed by atoms with van der Waals surface area (Å²) in [7, 11) is -6.67. The number of primary sulfonamides is 2. The van der Waals surface area contributed by atoms with Crippen LogP contribution in [-0.2, 0) is 20.0 Å². The molecule has 0 saturated heterocycles. The van der Waals surface area contributed by atoms with Crippen LogP contribution in [0.4, 0.5) is 0 Å². The van der Waals surface area contributed by atoms with E-state index in [1.807, 2.05) is 13.8 Å². The van der Waals surface area contributed by atoms with Crippen molar-refractivity contribution >= 4 is 20.0 Å².